The molecule has 6 nitrogen and oxygen atoms in total. The van der Waals surface area contributed by atoms with Gasteiger partial charge >= 0.3 is 17.1 Å². The molecule has 0 amide bonds. The van der Waals surface area contributed by atoms with E-state index in [1.807, 2.05) is 0 Å². The summed E-state index contributed by atoms with van der Waals surface area (Å²) in [6.45, 7) is 1.71. The largest absolute Gasteiger partial charge is 2.00 e. The van der Waals surface area contributed by atoms with Gasteiger partial charge in [-0.1, -0.05) is 0 Å². The molecule has 0 heterocycles. The van der Waals surface area contributed by atoms with Crippen molar-refractivity contribution in [3.05, 3.63) is 0 Å². The molecule has 0 aromatic heterocycles. The van der Waals surface area contributed by atoms with Gasteiger partial charge in [0.1, 0.15) is 0 Å². The number of nitrogens with two attached hydrogens (primary N) is 1. The second-order valence-corrected chi connectivity index (χ2v) is 2.88. The molecule has 0 aromatic rings. The zero-order chi connectivity index (χ0) is 11.0. The van der Waals surface area contributed by atoms with Crippen molar-refractivity contribution in [3.8, 4) is 0 Å². The number of nitrogens with one attached hydrogen (secondary N) is 1. The van der Waals surface area contributed by atoms with E-state index in [2.05, 4.69) is 38.4 Å². The molecule has 0 aliphatic heterocycles. The van der Waals surface area contributed by atoms with E-state index in [-0.39, 0.29) is 22.2 Å². The Morgan fingerprint density at radius 1 is 1.40 bits per heavy atom. The van der Waals surface area contributed by atoms with Crippen LogP contribution in [0.25, 0.3) is 0 Å². The number of hydrogen-bond donors (Lipinski definition) is 2. The van der Waals surface area contributed by atoms with Crippen molar-refractivity contribution < 1.29 is 17.1 Å². The maximum absolute atomic E-state index is 5.08. The van der Waals surface area contributed by atoms with Crippen LogP contribution in [0.1, 0.15) is 6.92 Å². The number of hydrazone groups is 1. The summed E-state index contributed by atoms with van der Waals surface area (Å²) in [7, 11) is 1.57. The molecule has 0 fully saturated rings. The number of amidine groups is 2. The minimum atomic E-state index is -0.0268. The molecule has 9 heteroatoms. The van der Waals surface area contributed by atoms with Crippen LogP contribution in [0.3, 0.4) is 0 Å². The molecule has 0 unspecified atom stereocenters. The first-order valence-corrected chi connectivity index (χ1v) is 4.35. The van der Waals surface area contributed by atoms with Crippen molar-refractivity contribution in [2.75, 3.05) is 7.05 Å². The van der Waals surface area contributed by atoms with Gasteiger partial charge in [0.25, 0.3) is 0 Å². The fourth-order valence-electron chi connectivity index (χ4n) is 0.384. The predicted octanol–water partition coefficient (Wildman–Crippen LogP) is -0.671. The SMILES string of the molecule is CN=C([S-])N/N=C(C)/C=N/N=C(/N)[S-].[67Cu+2]. The van der Waals surface area contributed by atoms with Crippen molar-refractivity contribution in [2.24, 2.45) is 26.0 Å². The van der Waals surface area contributed by atoms with Crippen LogP contribution in [-0.2, 0) is 42.3 Å². The Bertz CT molecular complexity index is 294. The Morgan fingerprint density at radius 2 is 2.00 bits per heavy atom. The van der Waals surface area contributed by atoms with Crippen LogP contribution in [0.15, 0.2) is 20.3 Å². The molecule has 1 radical (unpaired) electrons. The zero-order valence-electron chi connectivity index (χ0n) is 8.06. The third-order valence-electron chi connectivity index (χ3n) is 0.932. The molecule has 0 spiro atoms. The summed E-state index contributed by atoms with van der Waals surface area (Å²) in [6.07, 6.45) is 1.39. The van der Waals surface area contributed by atoms with Crippen molar-refractivity contribution in [1.29, 1.82) is 0 Å². The van der Waals surface area contributed by atoms with Crippen molar-refractivity contribution >= 4 is 47.5 Å². The predicted molar refractivity (Wildman–Crippen MR) is 64.4 cm³/mol. The minimum Gasteiger partial charge on any atom is -0.741 e. The van der Waals surface area contributed by atoms with E-state index in [1.165, 1.54) is 6.21 Å². The van der Waals surface area contributed by atoms with Gasteiger partial charge in [-0.2, -0.15) is 15.3 Å². The molecule has 0 rings (SSSR count). The van der Waals surface area contributed by atoms with Gasteiger partial charge in [0.2, 0.25) is 0 Å². The van der Waals surface area contributed by atoms with E-state index in [0.717, 1.165) is 0 Å². The van der Waals surface area contributed by atoms with Gasteiger partial charge in [0.15, 0.2) is 0 Å². The quantitative estimate of drug-likeness (QED) is 0.238. The van der Waals surface area contributed by atoms with Gasteiger partial charge in [0.05, 0.1) is 11.9 Å². The molecule has 0 bridgehead atoms. The molecule has 87 valence electrons. The second-order valence-electron chi connectivity index (χ2n) is 2.08. The number of rotatable bonds is 3. The Kier molecular flexibility index (Phi) is 10.9. The zero-order valence-corrected chi connectivity index (χ0v) is 10.6. The first-order valence-electron chi connectivity index (χ1n) is 3.54. The number of nitrogens with zero attached hydrogens (tertiary/aromatic N) is 4. The molecule has 0 saturated heterocycles. The third-order valence-corrected chi connectivity index (χ3v) is 1.29. The summed E-state index contributed by atoms with van der Waals surface area (Å²) in [5.41, 5.74) is 8.19. The summed E-state index contributed by atoms with van der Waals surface area (Å²) < 4.78 is 0. The van der Waals surface area contributed by atoms with Gasteiger partial charge in [-0.25, -0.2) is 0 Å². The molecular weight excluding hydrogens is 287 g/mol. The Hall–Kier alpha value is -0.761. The molecule has 0 aliphatic rings. The van der Waals surface area contributed by atoms with Crippen molar-refractivity contribution in [1.82, 2.24) is 5.43 Å². The van der Waals surface area contributed by atoms with Gasteiger partial charge in [-0.05, 0) is 17.3 Å². The topological polar surface area (TPSA) is 87.5 Å². The van der Waals surface area contributed by atoms with Gasteiger partial charge in [-0.3, -0.25) is 10.4 Å². The fourth-order valence-corrected chi connectivity index (χ4v) is 0.477. The Balaban J connectivity index is 0. The number of hydrogen-bond acceptors (Lipinski definition) is 6. The van der Waals surface area contributed by atoms with E-state index < -0.39 is 0 Å². The van der Waals surface area contributed by atoms with Crippen molar-refractivity contribution in [3.63, 3.8) is 0 Å². The maximum Gasteiger partial charge on any atom is 2.00 e. The van der Waals surface area contributed by atoms with Crippen LogP contribution in [0.2, 0.25) is 0 Å². The minimum absolute atomic E-state index is 0. The second kappa shape index (κ2) is 9.78. The molecule has 15 heavy (non-hydrogen) atoms. The average Bonchev–Trinajstić information content (AvgIpc) is 2.13. The first kappa shape index (κ1) is 16.7. The van der Waals surface area contributed by atoms with Crippen molar-refractivity contribution in [2.45, 2.75) is 6.92 Å². The normalized spacial score (nSPS) is 13.9. The molecule has 0 atom stereocenters. The smallest absolute Gasteiger partial charge is 0.741 e. The summed E-state index contributed by atoms with van der Waals surface area (Å²) in [5.74, 6) is 0. The third kappa shape index (κ3) is 11.2. The van der Waals surface area contributed by atoms with Crippen LogP contribution in [-0.4, -0.2) is 29.3 Å². The molecule has 3 N–H and O–H groups in total. The molecule has 0 aliphatic carbocycles. The van der Waals surface area contributed by atoms with Crippen LogP contribution < -0.4 is 11.2 Å². The summed E-state index contributed by atoms with van der Waals surface area (Å²) in [4.78, 5) is 3.67. The standard InChI is InChI=1S/C6H12N6S2.Cu/c1-4(3-9-11-5(7)13)10-12-6(14)8-2;/h3H,1-2H3,(H3,7,11,13)(H2,8,12,14);/q;+2/p-2/b9-3+,10-4+;/i;1+3. The van der Waals surface area contributed by atoms with E-state index >= 15 is 0 Å². The van der Waals surface area contributed by atoms with Crippen LogP contribution >= 0.6 is 0 Å². The Morgan fingerprint density at radius 3 is 2.47 bits per heavy atom. The Labute approximate surface area is 110 Å². The monoisotopic (exact) mass is 297 g/mol. The van der Waals surface area contributed by atoms with Gasteiger partial charge < -0.3 is 31.0 Å². The van der Waals surface area contributed by atoms with Gasteiger partial charge in [-0.15, -0.1) is 0 Å². The molecule has 0 saturated carbocycles. The van der Waals surface area contributed by atoms with Gasteiger partial charge in [0, 0.05) is 7.05 Å². The average molecular weight is 297 g/mol. The molecule has 0 aromatic carbocycles. The van der Waals surface area contributed by atoms with Crippen LogP contribution in [0, 0.1) is 0 Å². The van der Waals surface area contributed by atoms with Crippen LogP contribution in [0.5, 0.6) is 0 Å². The van der Waals surface area contributed by atoms with Crippen LogP contribution in [0.4, 0.5) is 0 Å². The maximum atomic E-state index is 5.08. The summed E-state index contributed by atoms with van der Waals surface area (Å²) in [6, 6.07) is 0. The van der Waals surface area contributed by atoms with E-state index in [4.69, 9.17) is 18.4 Å². The summed E-state index contributed by atoms with van der Waals surface area (Å²) >= 11 is 9.21. The fraction of sp³-hybridized carbons (Fsp3) is 0.333. The van der Waals surface area contributed by atoms with E-state index in [9.17, 15) is 0 Å². The summed E-state index contributed by atoms with van der Waals surface area (Å²) in [5, 5.41) is 11.1. The number of aliphatic imine (C=N–C) groups is 1. The van der Waals surface area contributed by atoms with E-state index in [1.54, 1.807) is 14.0 Å². The first-order chi connectivity index (χ1) is 6.56. The van der Waals surface area contributed by atoms with E-state index in [0.29, 0.717) is 10.9 Å². The molecular formula is C6H10CuN6S2.